The molecular weight excluding hydrogens is 336 g/mol. The van der Waals surface area contributed by atoms with Gasteiger partial charge in [0.15, 0.2) is 5.78 Å². The van der Waals surface area contributed by atoms with Gasteiger partial charge in [0.25, 0.3) is 5.56 Å². The minimum atomic E-state index is -0.650. The van der Waals surface area contributed by atoms with Gasteiger partial charge in [-0.15, -0.1) is 0 Å². The number of piperazine rings is 1. The van der Waals surface area contributed by atoms with Crippen LogP contribution in [0.25, 0.3) is 0 Å². The topological polar surface area (TPSA) is 106 Å². The largest absolute Gasteiger partial charge is 0.384 e. The number of aromatic nitrogens is 3. The fourth-order valence-electron chi connectivity index (χ4n) is 3.08. The highest BCUT2D eigenvalue weighted by Gasteiger charge is 2.24. The summed E-state index contributed by atoms with van der Waals surface area (Å²) in [7, 11) is 2.78. The summed E-state index contributed by atoms with van der Waals surface area (Å²) in [6, 6.07) is 5.77. The zero-order chi connectivity index (χ0) is 18.8. The van der Waals surface area contributed by atoms with Crippen LogP contribution in [0.5, 0.6) is 0 Å². The summed E-state index contributed by atoms with van der Waals surface area (Å²) in [6.45, 7) is 2.92. The van der Waals surface area contributed by atoms with Crippen molar-refractivity contribution in [1.29, 1.82) is 0 Å². The molecule has 26 heavy (non-hydrogen) atoms. The van der Waals surface area contributed by atoms with Crippen LogP contribution in [0.15, 0.2) is 34.0 Å². The number of rotatable bonds is 4. The highest BCUT2D eigenvalue weighted by atomic mass is 16.2. The average molecular weight is 358 g/mol. The molecule has 0 aromatic carbocycles. The van der Waals surface area contributed by atoms with E-state index in [1.54, 1.807) is 6.20 Å². The van der Waals surface area contributed by atoms with Crippen LogP contribution in [0.2, 0.25) is 0 Å². The first-order valence-corrected chi connectivity index (χ1v) is 8.37. The first-order valence-electron chi connectivity index (χ1n) is 8.37. The number of nitrogens with two attached hydrogens (primary N) is 1. The molecule has 0 bridgehead atoms. The Balaban J connectivity index is 1.71. The highest BCUT2D eigenvalue weighted by Crippen LogP contribution is 2.13. The fraction of sp³-hybridized carbons (Fsp3) is 0.412. The van der Waals surface area contributed by atoms with Gasteiger partial charge in [-0.05, 0) is 12.1 Å². The van der Waals surface area contributed by atoms with Gasteiger partial charge in [0.05, 0.1) is 6.54 Å². The third-order valence-corrected chi connectivity index (χ3v) is 4.70. The van der Waals surface area contributed by atoms with E-state index in [4.69, 9.17) is 5.73 Å². The molecule has 0 atom stereocenters. The van der Waals surface area contributed by atoms with Gasteiger partial charge in [-0.2, -0.15) is 0 Å². The van der Waals surface area contributed by atoms with Crippen LogP contribution in [0.3, 0.4) is 0 Å². The number of pyridine rings is 1. The second-order valence-electron chi connectivity index (χ2n) is 6.34. The van der Waals surface area contributed by atoms with Crippen molar-refractivity contribution < 1.29 is 4.79 Å². The minimum Gasteiger partial charge on any atom is -0.384 e. The molecule has 9 heteroatoms. The maximum atomic E-state index is 12.6. The molecule has 1 aliphatic rings. The minimum absolute atomic E-state index is 0.0878. The molecule has 138 valence electrons. The number of anilines is 2. The molecule has 3 rings (SSSR count). The molecule has 1 aliphatic heterocycles. The monoisotopic (exact) mass is 358 g/mol. The molecule has 3 heterocycles. The predicted octanol–water partition coefficient (Wildman–Crippen LogP) is -0.934. The van der Waals surface area contributed by atoms with Crippen molar-refractivity contribution in [3.63, 3.8) is 0 Å². The number of Topliss-reactive ketones (excluding diaryl/α,β-unsaturated/α-hetero) is 1. The van der Waals surface area contributed by atoms with Crippen molar-refractivity contribution in [2.24, 2.45) is 14.1 Å². The Morgan fingerprint density at radius 1 is 1.12 bits per heavy atom. The summed E-state index contributed by atoms with van der Waals surface area (Å²) in [5.74, 6) is 0.454. The van der Waals surface area contributed by atoms with Gasteiger partial charge in [-0.3, -0.25) is 23.6 Å². The summed E-state index contributed by atoms with van der Waals surface area (Å²) >= 11 is 0. The summed E-state index contributed by atoms with van der Waals surface area (Å²) in [4.78, 5) is 45.3. The number of carbonyl (C=O) groups excluding carboxylic acids is 1. The number of nitrogen functional groups attached to an aromatic ring is 1. The van der Waals surface area contributed by atoms with E-state index in [-0.39, 0.29) is 23.7 Å². The molecule has 2 aromatic heterocycles. The van der Waals surface area contributed by atoms with Crippen molar-refractivity contribution in [2.45, 2.75) is 0 Å². The van der Waals surface area contributed by atoms with Gasteiger partial charge in [-0.25, -0.2) is 9.78 Å². The molecule has 0 amide bonds. The van der Waals surface area contributed by atoms with Gasteiger partial charge in [0.2, 0.25) is 0 Å². The quantitative estimate of drug-likeness (QED) is 0.704. The van der Waals surface area contributed by atoms with Crippen LogP contribution in [-0.4, -0.2) is 57.5 Å². The Kier molecular flexibility index (Phi) is 4.90. The van der Waals surface area contributed by atoms with Gasteiger partial charge in [-0.1, -0.05) is 6.07 Å². The molecular formula is C17H22N6O3. The molecule has 1 fully saturated rings. The molecule has 0 saturated carbocycles. The summed E-state index contributed by atoms with van der Waals surface area (Å²) < 4.78 is 2.02. The van der Waals surface area contributed by atoms with Crippen LogP contribution in [0.4, 0.5) is 11.6 Å². The zero-order valence-electron chi connectivity index (χ0n) is 14.9. The number of hydrogen-bond donors (Lipinski definition) is 1. The maximum absolute atomic E-state index is 12.6. The smallest absolute Gasteiger partial charge is 0.332 e. The molecule has 0 unspecified atom stereocenters. The van der Waals surface area contributed by atoms with E-state index < -0.39 is 11.2 Å². The molecule has 0 aliphatic carbocycles. The van der Waals surface area contributed by atoms with Crippen molar-refractivity contribution in [3.05, 3.63) is 50.8 Å². The van der Waals surface area contributed by atoms with Gasteiger partial charge < -0.3 is 10.6 Å². The fourth-order valence-corrected chi connectivity index (χ4v) is 3.08. The van der Waals surface area contributed by atoms with Crippen LogP contribution < -0.4 is 21.9 Å². The molecule has 0 radical (unpaired) electrons. The molecule has 2 aromatic rings. The third kappa shape index (κ3) is 3.25. The van der Waals surface area contributed by atoms with Crippen molar-refractivity contribution >= 4 is 17.4 Å². The Labute approximate surface area is 150 Å². The number of carbonyl (C=O) groups is 1. The van der Waals surface area contributed by atoms with Crippen LogP contribution >= 0.6 is 0 Å². The van der Waals surface area contributed by atoms with E-state index in [9.17, 15) is 14.4 Å². The Hall–Kier alpha value is -2.94. The molecule has 2 N–H and O–H groups in total. The van der Waals surface area contributed by atoms with Crippen LogP contribution in [0, 0.1) is 0 Å². The summed E-state index contributed by atoms with van der Waals surface area (Å²) in [5.41, 5.74) is 4.53. The number of hydrogen-bond acceptors (Lipinski definition) is 7. The Morgan fingerprint density at radius 3 is 2.42 bits per heavy atom. The van der Waals surface area contributed by atoms with Crippen molar-refractivity contribution in [2.75, 3.05) is 43.4 Å². The zero-order valence-corrected chi connectivity index (χ0v) is 14.9. The lowest BCUT2D eigenvalue weighted by Crippen LogP contribution is -2.49. The molecule has 0 spiro atoms. The Morgan fingerprint density at radius 2 is 1.81 bits per heavy atom. The first kappa shape index (κ1) is 17.9. The lowest BCUT2D eigenvalue weighted by atomic mass is 10.1. The lowest BCUT2D eigenvalue weighted by Gasteiger charge is -2.35. The van der Waals surface area contributed by atoms with E-state index in [2.05, 4.69) is 9.88 Å². The normalized spacial score (nSPS) is 15.2. The predicted molar refractivity (Wildman–Crippen MR) is 98.6 cm³/mol. The van der Waals surface area contributed by atoms with Gasteiger partial charge >= 0.3 is 5.69 Å². The standard InChI is InChI=1S/C17H22N6O3/c1-20-15(18)14(16(25)21(2)17(20)26)12(24)11-22-7-9-23(10-8-22)13-5-3-4-6-19-13/h3-6H,7-11,18H2,1-2H3. The first-order chi connectivity index (χ1) is 12.4. The van der Waals surface area contributed by atoms with Gasteiger partial charge in [0, 0.05) is 46.5 Å². The van der Waals surface area contributed by atoms with Crippen LogP contribution in [0.1, 0.15) is 10.4 Å². The lowest BCUT2D eigenvalue weighted by molar-refractivity contribution is 0.0924. The summed E-state index contributed by atoms with van der Waals surface area (Å²) in [5, 5.41) is 0. The van der Waals surface area contributed by atoms with Crippen LogP contribution in [-0.2, 0) is 14.1 Å². The molecule has 9 nitrogen and oxygen atoms in total. The second-order valence-corrected chi connectivity index (χ2v) is 6.34. The third-order valence-electron chi connectivity index (χ3n) is 4.70. The maximum Gasteiger partial charge on any atom is 0.332 e. The number of nitrogens with zero attached hydrogens (tertiary/aromatic N) is 5. The van der Waals surface area contributed by atoms with Crippen molar-refractivity contribution in [1.82, 2.24) is 19.0 Å². The van der Waals surface area contributed by atoms with Crippen molar-refractivity contribution in [3.8, 4) is 0 Å². The van der Waals surface area contributed by atoms with E-state index in [0.717, 1.165) is 28.0 Å². The molecule has 1 saturated heterocycles. The summed E-state index contributed by atoms with van der Waals surface area (Å²) in [6.07, 6.45) is 1.75. The highest BCUT2D eigenvalue weighted by molar-refractivity contribution is 6.01. The van der Waals surface area contributed by atoms with E-state index in [0.29, 0.717) is 13.1 Å². The van der Waals surface area contributed by atoms with E-state index >= 15 is 0 Å². The average Bonchev–Trinajstić information content (AvgIpc) is 2.66. The van der Waals surface area contributed by atoms with E-state index in [1.807, 2.05) is 23.1 Å². The van der Waals surface area contributed by atoms with E-state index in [1.165, 1.54) is 14.1 Å². The Bertz CT molecular complexity index is 926. The second kappa shape index (κ2) is 7.12. The number of ketones is 1. The SMILES string of the molecule is Cn1c(N)c(C(=O)CN2CCN(c3ccccn3)CC2)c(=O)n(C)c1=O. The van der Waals surface area contributed by atoms with Gasteiger partial charge in [0.1, 0.15) is 17.2 Å².